The zero-order chi connectivity index (χ0) is 15.0. The van der Waals surface area contributed by atoms with Crippen LogP contribution in [-0.4, -0.2) is 0 Å². The van der Waals surface area contributed by atoms with Crippen LogP contribution >= 0.6 is 15.9 Å². The van der Waals surface area contributed by atoms with Crippen LogP contribution in [0.5, 0.6) is 0 Å². The van der Waals surface area contributed by atoms with Gasteiger partial charge < -0.3 is 5.73 Å². The van der Waals surface area contributed by atoms with E-state index in [0.717, 1.165) is 26.4 Å². The van der Waals surface area contributed by atoms with Crippen molar-refractivity contribution in [1.29, 1.82) is 0 Å². The Morgan fingerprint density at radius 2 is 1.52 bits per heavy atom. The van der Waals surface area contributed by atoms with Gasteiger partial charge >= 0.3 is 0 Å². The number of nitrogens with two attached hydrogens (primary N) is 1. The molecule has 0 aliphatic carbocycles. The second-order valence-electron chi connectivity index (χ2n) is 5.24. The van der Waals surface area contributed by atoms with Crippen LogP contribution in [0.15, 0.2) is 59.1 Å². The summed E-state index contributed by atoms with van der Waals surface area (Å²) in [6.45, 7) is 1.75. The first-order valence-electron chi connectivity index (χ1n) is 6.75. The molecular weight excluding hydrogens is 329 g/mol. The van der Waals surface area contributed by atoms with E-state index >= 15 is 0 Å². The van der Waals surface area contributed by atoms with Crippen LogP contribution in [0, 0.1) is 12.7 Å². The third-order valence-corrected chi connectivity index (χ3v) is 4.22. The number of rotatable bonds is 2. The van der Waals surface area contributed by atoms with Gasteiger partial charge in [0.05, 0.1) is 6.04 Å². The summed E-state index contributed by atoms with van der Waals surface area (Å²) < 4.78 is 14.4. The topological polar surface area (TPSA) is 26.0 Å². The predicted octanol–water partition coefficient (Wildman–Crippen LogP) is 5.10. The van der Waals surface area contributed by atoms with Gasteiger partial charge in [-0.15, -0.1) is 0 Å². The van der Waals surface area contributed by atoms with E-state index in [-0.39, 0.29) is 11.9 Å². The van der Waals surface area contributed by atoms with Crippen molar-refractivity contribution in [2.45, 2.75) is 13.0 Å². The summed E-state index contributed by atoms with van der Waals surface area (Å²) in [7, 11) is 0. The second kappa shape index (κ2) is 5.58. The highest BCUT2D eigenvalue weighted by Crippen LogP contribution is 2.26. The van der Waals surface area contributed by atoms with E-state index in [4.69, 9.17) is 5.73 Å². The highest BCUT2D eigenvalue weighted by Gasteiger charge is 2.11. The molecule has 21 heavy (non-hydrogen) atoms. The van der Waals surface area contributed by atoms with Crippen LogP contribution in [0.1, 0.15) is 22.7 Å². The fourth-order valence-corrected chi connectivity index (χ4v) is 2.86. The summed E-state index contributed by atoms with van der Waals surface area (Å²) >= 11 is 3.47. The molecule has 1 atom stereocenters. The van der Waals surface area contributed by atoms with Gasteiger partial charge in [-0.2, -0.15) is 0 Å². The number of hydrogen-bond donors (Lipinski definition) is 1. The van der Waals surface area contributed by atoms with E-state index < -0.39 is 0 Å². The Hall–Kier alpha value is -1.71. The van der Waals surface area contributed by atoms with Crippen molar-refractivity contribution in [3.05, 3.63) is 81.6 Å². The summed E-state index contributed by atoms with van der Waals surface area (Å²) in [5.41, 5.74) is 8.89. The fraction of sp³-hybridized carbons (Fsp3) is 0.111. The Morgan fingerprint density at radius 1 is 0.905 bits per heavy atom. The van der Waals surface area contributed by atoms with Crippen molar-refractivity contribution in [3.63, 3.8) is 0 Å². The van der Waals surface area contributed by atoms with Gasteiger partial charge in [-0.3, -0.25) is 0 Å². The molecule has 0 fully saturated rings. The lowest BCUT2D eigenvalue weighted by Crippen LogP contribution is -2.12. The normalized spacial score (nSPS) is 12.6. The first-order valence-corrected chi connectivity index (χ1v) is 7.55. The standard InChI is InChI=1S/C18H15BrFN/c1-11-8-14(5-7-17(11)20)18(21)15-3-2-13-10-16(19)6-4-12(13)9-15/h2-10,18H,21H2,1H3. The van der Waals surface area contributed by atoms with Crippen LogP contribution in [0.2, 0.25) is 0 Å². The monoisotopic (exact) mass is 343 g/mol. The maximum absolute atomic E-state index is 13.4. The van der Waals surface area contributed by atoms with Gasteiger partial charge in [0.15, 0.2) is 0 Å². The lowest BCUT2D eigenvalue weighted by Gasteiger charge is -2.14. The van der Waals surface area contributed by atoms with E-state index in [1.807, 2.05) is 18.2 Å². The Bertz CT molecular complexity index is 813. The molecule has 0 heterocycles. The first kappa shape index (κ1) is 14.2. The Morgan fingerprint density at radius 3 is 2.29 bits per heavy atom. The van der Waals surface area contributed by atoms with Gasteiger partial charge in [0.1, 0.15) is 5.82 Å². The van der Waals surface area contributed by atoms with Gasteiger partial charge in [-0.25, -0.2) is 4.39 Å². The fourth-order valence-electron chi connectivity index (χ4n) is 2.48. The molecule has 106 valence electrons. The third-order valence-electron chi connectivity index (χ3n) is 3.73. The van der Waals surface area contributed by atoms with Gasteiger partial charge in [0, 0.05) is 4.47 Å². The van der Waals surface area contributed by atoms with E-state index in [1.165, 1.54) is 6.07 Å². The molecule has 3 aromatic carbocycles. The number of halogens is 2. The molecule has 3 aromatic rings. The summed E-state index contributed by atoms with van der Waals surface area (Å²) in [4.78, 5) is 0. The van der Waals surface area contributed by atoms with Crippen molar-refractivity contribution < 1.29 is 4.39 Å². The molecule has 0 bridgehead atoms. The molecule has 3 rings (SSSR count). The maximum atomic E-state index is 13.4. The van der Waals surface area contributed by atoms with Crippen LogP contribution < -0.4 is 5.73 Å². The third kappa shape index (κ3) is 2.85. The van der Waals surface area contributed by atoms with Gasteiger partial charge in [-0.05, 0) is 58.7 Å². The van der Waals surface area contributed by atoms with Crippen molar-refractivity contribution in [1.82, 2.24) is 0 Å². The SMILES string of the molecule is Cc1cc(C(N)c2ccc3cc(Br)ccc3c2)ccc1F. The maximum Gasteiger partial charge on any atom is 0.126 e. The number of hydrogen-bond acceptors (Lipinski definition) is 1. The summed E-state index contributed by atoms with van der Waals surface area (Å²) in [5, 5.41) is 2.31. The van der Waals surface area contributed by atoms with Crippen molar-refractivity contribution >= 4 is 26.7 Å². The number of aryl methyl sites for hydroxylation is 1. The zero-order valence-electron chi connectivity index (χ0n) is 11.6. The van der Waals surface area contributed by atoms with Crippen LogP contribution in [0.4, 0.5) is 4.39 Å². The molecule has 0 aliphatic rings. The van der Waals surface area contributed by atoms with Crippen LogP contribution in [0.25, 0.3) is 10.8 Å². The molecule has 0 radical (unpaired) electrons. The summed E-state index contributed by atoms with van der Waals surface area (Å²) in [5.74, 6) is -0.200. The lowest BCUT2D eigenvalue weighted by atomic mass is 9.96. The minimum atomic E-state index is -0.252. The van der Waals surface area contributed by atoms with Crippen molar-refractivity contribution in [2.75, 3.05) is 0 Å². The minimum Gasteiger partial charge on any atom is -0.320 e. The second-order valence-corrected chi connectivity index (χ2v) is 6.15. The van der Waals surface area contributed by atoms with E-state index in [0.29, 0.717) is 5.56 Å². The molecule has 3 heteroatoms. The molecule has 0 amide bonds. The number of benzene rings is 3. The van der Waals surface area contributed by atoms with Crippen LogP contribution in [-0.2, 0) is 0 Å². The highest BCUT2D eigenvalue weighted by molar-refractivity contribution is 9.10. The Labute approximate surface area is 131 Å². The molecule has 0 spiro atoms. The van der Waals surface area contributed by atoms with Crippen LogP contribution in [0.3, 0.4) is 0 Å². The molecule has 2 N–H and O–H groups in total. The van der Waals surface area contributed by atoms with Crippen molar-refractivity contribution in [2.24, 2.45) is 5.73 Å². The lowest BCUT2D eigenvalue weighted by molar-refractivity contribution is 0.617. The molecule has 1 unspecified atom stereocenters. The Kier molecular flexibility index (Phi) is 3.79. The van der Waals surface area contributed by atoms with E-state index in [2.05, 4.69) is 40.2 Å². The highest BCUT2D eigenvalue weighted by atomic mass is 79.9. The molecular formula is C18H15BrFN. The first-order chi connectivity index (χ1) is 10.0. The largest absolute Gasteiger partial charge is 0.320 e. The predicted molar refractivity (Wildman–Crippen MR) is 88.8 cm³/mol. The smallest absolute Gasteiger partial charge is 0.126 e. The average molecular weight is 344 g/mol. The van der Waals surface area contributed by atoms with Crippen molar-refractivity contribution in [3.8, 4) is 0 Å². The quantitative estimate of drug-likeness (QED) is 0.688. The van der Waals surface area contributed by atoms with E-state index in [9.17, 15) is 4.39 Å². The molecule has 0 aliphatic heterocycles. The molecule has 1 nitrogen and oxygen atoms in total. The zero-order valence-corrected chi connectivity index (χ0v) is 13.2. The summed E-state index contributed by atoms with van der Waals surface area (Å²) in [6, 6.07) is 17.1. The molecule has 0 saturated carbocycles. The van der Waals surface area contributed by atoms with E-state index in [1.54, 1.807) is 13.0 Å². The minimum absolute atomic E-state index is 0.200. The molecule has 0 aromatic heterocycles. The summed E-state index contributed by atoms with van der Waals surface area (Å²) in [6.07, 6.45) is 0. The van der Waals surface area contributed by atoms with Gasteiger partial charge in [0.25, 0.3) is 0 Å². The number of fused-ring (bicyclic) bond motifs is 1. The molecule has 0 saturated heterocycles. The van der Waals surface area contributed by atoms with Gasteiger partial charge in [-0.1, -0.05) is 46.3 Å². The Balaban J connectivity index is 2.02. The average Bonchev–Trinajstić information content (AvgIpc) is 2.49. The van der Waals surface area contributed by atoms with Gasteiger partial charge in [0.2, 0.25) is 0 Å².